The van der Waals surface area contributed by atoms with Gasteiger partial charge in [-0.3, -0.25) is 14.7 Å². The van der Waals surface area contributed by atoms with Crippen molar-refractivity contribution in [2.45, 2.75) is 6.54 Å². The number of amides is 1. The van der Waals surface area contributed by atoms with Crippen molar-refractivity contribution < 1.29 is 18.7 Å². The number of anilines is 1. The van der Waals surface area contributed by atoms with Crippen LogP contribution in [0.5, 0.6) is 11.5 Å². The van der Waals surface area contributed by atoms with Crippen LogP contribution in [-0.2, 0) is 6.54 Å². The molecule has 3 heterocycles. The molecule has 7 nitrogen and oxygen atoms in total. The zero-order chi connectivity index (χ0) is 22.1. The fraction of sp³-hybridized carbons (Fsp3) is 0.125. The highest BCUT2D eigenvalue weighted by Gasteiger charge is 2.26. The molecule has 5 aromatic rings. The number of furan rings is 1. The van der Waals surface area contributed by atoms with Crippen molar-refractivity contribution >= 4 is 43.6 Å². The van der Waals surface area contributed by atoms with E-state index >= 15 is 0 Å². The standard InChI is InChI=1S/C24H19N3O4S/c1-29-17-9-6-11-20-21(17)26-24(32-20)27(14-16-8-3-4-12-25-16)23(28)19-13-15-7-5-10-18(30-2)22(15)31-19/h3-13H,14H2,1-2H3. The molecule has 5 rings (SSSR count). The summed E-state index contributed by atoms with van der Waals surface area (Å²) in [5.74, 6) is 1.12. The van der Waals surface area contributed by atoms with Crippen molar-refractivity contribution in [3.8, 4) is 11.5 Å². The van der Waals surface area contributed by atoms with Gasteiger partial charge in [0.05, 0.1) is 31.2 Å². The molecule has 2 aromatic carbocycles. The van der Waals surface area contributed by atoms with Crippen LogP contribution >= 0.6 is 11.3 Å². The minimum Gasteiger partial charge on any atom is -0.494 e. The monoisotopic (exact) mass is 445 g/mol. The molecule has 0 radical (unpaired) electrons. The van der Waals surface area contributed by atoms with Gasteiger partial charge in [0.2, 0.25) is 0 Å². The van der Waals surface area contributed by atoms with Gasteiger partial charge < -0.3 is 13.9 Å². The van der Waals surface area contributed by atoms with Crippen molar-refractivity contribution in [2.75, 3.05) is 19.1 Å². The predicted octanol–water partition coefficient (Wildman–Crippen LogP) is 5.30. The number of rotatable bonds is 6. The Morgan fingerprint density at radius 2 is 1.84 bits per heavy atom. The summed E-state index contributed by atoms with van der Waals surface area (Å²) in [5.41, 5.74) is 1.97. The molecule has 0 saturated heterocycles. The first kappa shape index (κ1) is 20.0. The van der Waals surface area contributed by atoms with Gasteiger partial charge in [-0.25, -0.2) is 4.98 Å². The number of pyridine rings is 1. The van der Waals surface area contributed by atoms with Crippen molar-refractivity contribution in [1.82, 2.24) is 9.97 Å². The Morgan fingerprint density at radius 1 is 1.03 bits per heavy atom. The number of carbonyl (C=O) groups is 1. The van der Waals surface area contributed by atoms with Crippen LogP contribution in [0.3, 0.4) is 0 Å². The molecular formula is C24H19N3O4S. The Kier molecular flexibility index (Phi) is 5.20. The van der Waals surface area contributed by atoms with Crippen LogP contribution in [-0.4, -0.2) is 30.1 Å². The average molecular weight is 446 g/mol. The Morgan fingerprint density at radius 3 is 2.62 bits per heavy atom. The molecule has 0 N–H and O–H groups in total. The normalized spacial score (nSPS) is 11.1. The molecule has 0 spiro atoms. The molecule has 0 aliphatic rings. The van der Waals surface area contributed by atoms with Crippen molar-refractivity contribution in [3.63, 3.8) is 0 Å². The molecule has 8 heteroatoms. The quantitative estimate of drug-likeness (QED) is 0.353. The number of nitrogens with zero attached hydrogens (tertiary/aromatic N) is 3. The SMILES string of the molecule is COc1cccc2sc(N(Cc3ccccn3)C(=O)c3cc4cccc(OC)c4o3)nc12. The first-order valence-electron chi connectivity index (χ1n) is 9.90. The molecule has 160 valence electrons. The number of benzene rings is 2. The zero-order valence-electron chi connectivity index (χ0n) is 17.4. The lowest BCUT2D eigenvalue weighted by atomic mass is 10.2. The summed E-state index contributed by atoms with van der Waals surface area (Å²) >= 11 is 1.41. The van der Waals surface area contributed by atoms with E-state index in [9.17, 15) is 4.79 Å². The molecule has 0 atom stereocenters. The third kappa shape index (κ3) is 3.54. The van der Waals surface area contributed by atoms with Gasteiger partial charge in [0.25, 0.3) is 5.91 Å². The number of para-hydroxylation sites is 2. The van der Waals surface area contributed by atoms with Crippen LogP contribution in [0.1, 0.15) is 16.2 Å². The van der Waals surface area contributed by atoms with Crippen LogP contribution in [0.15, 0.2) is 71.3 Å². The maximum atomic E-state index is 13.6. The highest BCUT2D eigenvalue weighted by atomic mass is 32.1. The topological polar surface area (TPSA) is 77.7 Å². The second-order valence-corrected chi connectivity index (χ2v) is 8.01. The number of aromatic nitrogens is 2. The highest BCUT2D eigenvalue weighted by molar-refractivity contribution is 7.22. The molecule has 0 aliphatic carbocycles. The number of ether oxygens (including phenoxy) is 2. The predicted molar refractivity (Wildman–Crippen MR) is 124 cm³/mol. The van der Waals surface area contributed by atoms with E-state index in [-0.39, 0.29) is 18.2 Å². The van der Waals surface area contributed by atoms with Gasteiger partial charge in [0.1, 0.15) is 11.3 Å². The second kappa shape index (κ2) is 8.32. The number of carbonyl (C=O) groups excluding carboxylic acids is 1. The van der Waals surface area contributed by atoms with Gasteiger partial charge >= 0.3 is 0 Å². The summed E-state index contributed by atoms with van der Waals surface area (Å²) in [5, 5.41) is 1.32. The van der Waals surface area contributed by atoms with Crippen LogP contribution in [0.4, 0.5) is 5.13 Å². The van der Waals surface area contributed by atoms with Gasteiger partial charge in [0.15, 0.2) is 22.2 Å². The zero-order valence-corrected chi connectivity index (χ0v) is 18.3. The van der Waals surface area contributed by atoms with E-state index in [0.717, 1.165) is 15.8 Å². The number of hydrogen-bond acceptors (Lipinski definition) is 7. The van der Waals surface area contributed by atoms with E-state index in [0.29, 0.717) is 27.7 Å². The van der Waals surface area contributed by atoms with Gasteiger partial charge in [-0.2, -0.15) is 0 Å². The Hall–Kier alpha value is -3.91. The maximum Gasteiger partial charge on any atom is 0.296 e. The molecular weight excluding hydrogens is 426 g/mol. The lowest BCUT2D eigenvalue weighted by Gasteiger charge is -2.18. The number of methoxy groups -OCH3 is 2. The molecule has 3 aromatic heterocycles. The van der Waals surface area contributed by atoms with E-state index in [1.807, 2.05) is 48.5 Å². The smallest absolute Gasteiger partial charge is 0.296 e. The van der Waals surface area contributed by atoms with Gasteiger partial charge in [-0.05, 0) is 36.4 Å². The van der Waals surface area contributed by atoms with E-state index in [4.69, 9.17) is 18.9 Å². The largest absolute Gasteiger partial charge is 0.494 e. The molecule has 1 amide bonds. The molecule has 0 aliphatic heterocycles. The van der Waals surface area contributed by atoms with Crippen molar-refractivity contribution in [1.29, 1.82) is 0 Å². The van der Waals surface area contributed by atoms with Crippen molar-refractivity contribution in [3.05, 3.63) is 78.3 Å². The molecule has 0 saturated carbocycles. The third-order valence-corrected chi connectivity index (χ3v) is 6.10. The van der Waals surface area contributed by atoms with Crippen LogP contribution in [0, 0.1) is 0 Å². The highest BCUT2D eigenvalue weighted by Crippen LogP contribution is 2.36. The summed E-state index contributed by atoms with van der Waals surface area (Å²) in [6.45, 7) is 0.246. The second-order valence-electron chi connectivity index (χ2n) is 7.01. The van der Waals surface area contributed by atoms with E-state index in [1.165, 1.54) is 11.3 Å². The average Bonchev–Trinajstić information content (AvgIpc) is 3.46. The first-order valence-corrected chi connectivity index (χ1v) is 10.7. The summed E-state index contributed by atoms with van der Waals surface area (Å²) in [6, 6.07) is 18.6. The Bertz CT molecular complexity index is 1410. The summed E-state index contributed by atoms with van der Waals surface area (Å²) < 4.78 is 17.7. The van der Waals surface area contributed by atoms with Gasteiger partial charge in [-0.1, -0.05) is 35.6 Å². The third-order valence-electron chi connectivity index (χ3n) is 5.05. The molecule has 0 fully saturated rings. The summed E-state index contributed by atoms with van der Waals surface area (Å²) in [7, 11) is 3.17. The molecule has 0 unspecified atom stereocenters. The van der Waals surface area contributed by atoms with Crippen LogP contribution < -0.4 is 14.4 Å². The minimum absolute atomic E-state index is 0.201. The van der Waals surface area contributed by atoms with Gasteiger partial charge in [0, 0.05) is 11.6 Å². The molecule has 32 heavy (non-hydrogen) atoms. The van der Waals surface area contributed by atoms with E-state index in [1.54, 1.807) is 37.4 Å². The summed E-state index contributed by atoms with van der Waals surface area (Å²) in [4.78, 5) is 24.3. The van der Waals surface area contributed by atoms with E-state index < -0.39 is 0 Å². The fourth-order valence-corrected chi connectivity index (χ4v) is 4.49. The molecule has 0 bridgehead atoms. The van der Waals surface area contributed by atoms with Crippen LogP contribution in [0.2, 0.25) is 0 Å². The minimum atomic E-state index is -0.313. The maximum absolute atomic E-state index is 13.6. The lowest BCUT2D eigenvalue weighted by molar-refractivity contribution is 0.0960. The Balaban J connectivity index is 1.61. The first-order chi connectivity index (χ1) is 15.7. The number of fused-ring (bicyclic) bond motifs is 2. The van der Waals surface area contributed by atoms with Gasteiger partial charge in [-0.15, -0.1) is 0 Å². The Labute approximate surface area is 187 Å². The number of thiazole rings is 1. The van der Waals surface area contributed by atoms with E-state index in [2.05, 4.69) is 4.98 Å². The number of hydrogen-bond donors (Lipinski definition) is 0. The van der Waals surface area contributed by atoms with Crippen LogP contribution in [0.25, 0.3) is 21.2 Å². The summed E-state index contributed by atoms with van der Waals surface area (Å²) in [6.07, 6.45) is 1.70. The van der Waals surface area contributed by atoms with Crippen molar-refractivity contribution in [2.24, 2.45) is 0 Å². The lowest BCUT2D eigenvalue weighted by Crippen LogP contribution is -2.30. The fourth-order valence-electron chi connectivity index (χ4n) is 3.51.